The van der Waals surface area contributed by atoms with Gasteiger partial charge in [-0.05, 0) is 46.8 Å². The number of nitrogens with one attached hydrogen (secondary N) is 2. The molecule has 0 saturated carbocycles. The maximum Gasteiger partial charge on any atom is 0.244 e. The fourth-order valence-corrected chi connectivity index (χ4v) is 4.51. The van der Waals surface area contributed by atoms with E-state index in [0.717, 1.165) is 25.9 Å². The lowest BCUT2D eigenvalue weighted by Crippen LogP contribution is -2.58. The van der Waals surface area contributed by atoms with Crippen LogP contribution in [0.4, 0.5) is 0 Å². The number of piperidine rings is 1. The number of hydrogen-bond acceptors (Lipinski definition) is 5. The van der Waals surface area contributed by atoms with Crippen molar-refractivity contribution < 1.29 is 8.42 Å². The van der Waals surface area contributed by atoms with Crippen molar-refractivity contribution in [1.82, 2.24) is 19.8 Å². The Labute approximate surface area is 120 Å². The van der Waals surface area contributed by atoms with Crippen molar-refractivity contribution in [2.24, 2.45) is 5.73 Å². The second kappa shape index (κ2) is 5.44. The van der Waals surface area contributed by atoms with Gasteiger partial charge in [0.25, 0.3) is 0 Å². The molecule has 0 bridgehead atoms. The number of aromatic amines is 1. The maximum absolute atomic E-state index is 12.6. The molecular formula is C12H23N5O2S. The van der Waals surface area contributed by atoms with Gasteiger partial charge in [-0.25, -0.2) is 13.1 Å². The Bertz CT molecular complexity index is 553. The number of rotatable bonds is 4. The summed E-state index contributed by atoms with van der Waals surface area (Å²) in [6.45, 7) is 5.36. The maximum atomic E-state index is 12.6. The zero-order valence-corrected chi connectivity index (χ0v) is 13.0. The van der Waals surface area contributed by atoms with Gasteiger partial charge >= 0.3 is 0 Å². The number of likely N-dealkylation sites (tertiary alicyclic amines) is 1. The van der Waals surface area contributed by atoms with Crippen molar-refractivity contribution >= 4 is 10.0 Å². The van der Waals surface area contributed by atoms with Crippen molar-refractivity contribution in [3.05, 3.63) is 11.4 Å². The van der Waals surface area contributed by atoms with Crippen molar-refractivity contribution in [3.8, 4) is 0 Å². The Morgan fingerprint density at radius 3 is 2.45 bits per heavy atom. The van der Waals surface area contributed by atoms with Crippen LogP contribution in [0.2, 0.25) is 0 Å². The number of hydrogen-bond donors (Lipinski definition) is 3. The summed E-state index contributed by atoms with van der Waals surface area (Å²) in [4.78, 5) is 2.42. The fourth-order valence-electron chi connectivity index (χ4n) is 2.67. The average molecular weight is 301 g/mol. The molecule has 114 valence electrons. The molecule has 1 saturated heterocycles. The van der Waals surface area contributed by atoms with E-state index >= 15 is 0 Å². The van der Waals surface area contributed by atoms with Gasteiger partial charge in [0.15, 0.2) is 0 Å². The fraction of sp³-hybridized carbons (Fsp3) is 0.750. The van der Waals surface area contributed by atoms with E-state index < -0.39 is 15.6 Å². The molecule has 1 aliphatic rings. The van der Waals surface area contributed by atoms with E-state index in [2.05, 4.69) is 19.8 Å². The summed E-state index contributed by atoms with van der Waals surface area (Å²) >= 11 is 0. The van der Waals surface area contributed by atoms with Gasteiger partial charge in [-0.1, -0.05) is 0 Å². The highest BCUT2D eigenvalue weighted by atomic mass is 32.2. The van der Waals surface area contributed by atoms with E-state index in [4.69, 9.17) is 5.73 Å². The summed E-state index contributed by atoms with van der Waals surface area (Å²) in [5.41, 5.74) is 6.33. The molecule has 4 N–H and O–H groups in total. The van der Waals surface area contributed by atoms with Crippen LogP contribution in [0.15, 0.2) is 4.90 Å². The largest absolute Gasteiger partial charge is 0.329 e. The summed E-state index contributed by atoms with van der Waals surface area (Å²) in [5.74, 6) is 0. The molecular weight excluding hydrogens is 278 g/mol. The summed E-state index contributed by atoms with van der Waals surface area (Å²) < 4.78 is 28.0. The van der Waals surface area contributed by atoms with Crippen LogP contribution in [0.3, 0.4) is 0 Å². The van der Waals surface area contributed by atoms with E-state index in [-0.39, 0.29) is 4.90 Å². The van der Waals surface area contributed by atoms with Crippen LogP contribution in [0.25, 0.3) is 0 Å². The summed E-state index contributed by atoms with van der Waals surface area (Å²) in [7, 11) is -1.58. The van der Waals surface area contributed by atoms with E-state index in [1.54, 1.807) is 13.8 Å². The zero-order valence-electron chi connectivity index (χ0n) is 12.2. The van der Waals surface area contributed by atoms with Crippen LogP contribution in [-0.4, -0.2) is 55.7 Å². The van der Waals surface area contributed by atoms with Gasteiger partial charge in [-0.15, -0.1) is 0 Å². The van der Waals surface area contributed by atoms with Gasteiger partial charge in [0.2, 0.25) is 10.0 Å². The summed E-state index contributed by atoms with van der Waals surface area (Å²) in [6, 6.07) is 0. The number of H-pyrrole nitrogens is 1. The quantitative estimate of drug-likeness (QED) is 0.710. The molecule has 8 heteroatoms. The minimum atomic E-state index is -3.61. The lowest BCUT2D eigenvalue weighted by atomic mass is 9.89. The Kier molecular flexibility index (Phi) is 4.19. The molecule has 1 fully saturated rings. The smallest absolute Gasteiger partial charge is 0.244 e. The van der Waals surface area contributed by atoms with Crippen LogP contribution < -0.4 is 10.5 Å². The molecule has 1 aliphatic heterocycles. The van der Waals surface area contributed by atoms with Gasteiger partial charge in [0.1, 0.15) is 4.90 Å². The molecule has 0 aromatic carbocycles. The first-order valence-electron chi connectivity index (χ1n) is 6.74. The molecule has 0 atom stereocenters. The molecule has 20 heavy (non-hydrogen) atoms. The lowest BCUT2D eigenvalue weighted by molar-refractivity contribution is 0.182. The molecule has 7 nitrogen and oxygen atoms in total. The number of sulfonamides is 1. The SMILES string of the molecule is Cc1n[nH]c(C)c1S(=O)(=O)NC1(CN)CCN(C)CC1. The lowest BCUT2D eigenvalue weighted by Gasteiger charge is -2.40. The second-order valence-corrected chi connectivity index (χ2v) is 7.28. The number of nitrogens with two attached hydrogens (primary N) is 1. The van der Waals surface area contributed by atoms with Crippen LogP contribution >= 0.6 is 0 Å². The van der Waals surface area contributed by atoms with Gasteiger partial charge in [0.05, 0.1) is 11.4 Å². The van der Waals surface area contributed by atoms with Crippen LogP contribution in [0, 0.1) is 13.8 Å². The van der Waals surface area contributed by atoms with E-state index in [1.165, 1.54) is 0 Å². The number of nitrogens with zero attached hydrogens (tertiary/aromatic N) is 2. The van der Waals surface area contributed by atoms with Gasteiger partial charge in [0, 0.05) is 12.1 Å². The highest BCUT2D eigenvalue weighted by molar-refractivity contribution is 7.89. The molecule has 1 aromatic heterocycles. The Balaban J connectivity index is 2.27. The first-order chi connectivity index (χ1) is 9.30. The van der Waals surface area contributed by atoms with Crippen molar-refractivity contribution in [1.29, 1.82) is 0 Å². The monoisotopic (exact) mass is 301 g/mol. The summed E-state index contributed by atoms with van der Waals surface area (Å²) in [5, 5.41) is 6.66. The van der Waals surface area contributed by atoms with Gasteiger partial charge in [-0.3, -0.25) is 5.10 Å². The first-order valence-corrected chi connectivity index (χ1v) is 8.22. The highest BCUT2D eigenvalue weighted by Crippen LogP contribution is 2.25. The molecule has 0 unspecified atom stereocenters. The minimum absolute atomic E-state index is 0.240. The normalized spacial score (nSPS) is 20.2. The predicted molar refractivity (Wildman–Crippen MR) is 76.9 cm³/mol. The van der Waals surface area contributed by atoms with Crippen molar-refractivity contribution in [2.45, 2.75) is 37.1 Å². The predicted octanol–water partition coefficient (Wildman–Crippen LogP) is -0.272. The highest BCUT2D eigenvalue weighted by Gasteiger charge is 2.38. The van der Waals surface area contributed by atoms with Crippen LogP contribution in [0.1, 0.15) is 24.2 Å². The third kappa shape index (κ3) is 2.88. The number of aryl methyl sites for hydroxylation is 2. The van der Waals surface area contributed by atoms with E-state index in [0.29, 0.717) is 17.9 Å². The average Bonchev–Trinajstić information content (AvgIpc) is 2.72. The van der Waals surface area contributed by atoms with Gasteiger partial charge in [-0.2, -0.15) is 5.10 Å². The summed E-state index contributed by atoms with van der Waals surface area (Å²) in [6.07, 6.45) is 1.43. The molecule has 0 radical (unpaired) electrons. The molecule has 2 heterocycles. The van der Waals surface area contributed by atoms with Gasteiger partial charge < -0.3 is 10.6 Å². The third-order valence-electron chi connectivity index (χ3n) is 4.02. The Morgan fingerprint density at radius 2 is 2.00 bits per heavy atom. The third-order valence-corrected chi connectivity index (χ3v) is 5.86. The second-order valence-electron chi connectivity index (χ2n) is 5.66. The topological polar surface area (TPSA) is 104 Å². The van der Waals surface area contributed by atoms with Crippen molar-refractivity contribution in [3.63, 3.8) is 0 Å². The first kappa shape index (κ1) is 15.4. The molecule has 1 aromatic rings. The van der Waals surface area contributed by atoms with Crippen LogP contribution in [0.5, 0.6) is 0 Å². The number of aromatic nitrogens is 2. The van der Waals surface area contributed by atoms with E-state index in [9.17, 15) is 8.42 Å². The van der Waals surface area contributed by atoms with Crippen LogP contribution in [-0.2, 0) is 10.0 Å². The van der Waals surface area contributed by atoms with E-state index in [1.807, 2.05) is 7.05 Å². The van der Waals surface area contributed by atoms with Crippen molar-refractivity contribution in [2.75, 3.05) is 26.7 Å². The molecule has 2 rings (SSSR count). The Hall–Kier alpha value is -0.960. The Morgan fingerprint density at radius 1 is 1.40 bits per heavy atom. The minimum Gasteiger partial charge on any atom is -0.329 e. The molecule has 0 spiro atoms. The molecule has 0 aliphatic carbocycles. The zero-order chi connectivity index (χ0) is 15.0. The molecule has 0 amide bonds. The standard InChI is InChI=1S/C12H23N5O2S/c1-9-11(10(2)15-14-9)20(18,19)16-12(8-13)4-6-17(3)7-5-12/h16H,4-8,13H2,1-3H3,(H,14,15).